The topological polar surface area (TPSA) is 41.1 Å². The van der Waals surface area contributed by atoms with Gasteiger partial charge in [-0.3, -0.25) is 4.79 Å². The van der Waals surface area contributed by atoms with E-state index >= 15 is 0 Å². The van der Waals surface area contributed by atoms with E-state index < -0.39 is 0 Å². The lowest BCUT2D eigenvalue weighted by molar-refractivity contribution is -0.122. The molecule has 0 saturated carbocycles. The predicted molar refractivity (Wildman–Crippen MR) is 78.4 cm³/mol. The lowest BCUT2D eigenvalue weighted by Gasteiger charge is -2.14. The van der Waals surface area contributed by atoms with Gasteiger partial charge in [-0.05, 0) is 25.0 Å². The van der Waals surface area contributed by atoms with Crippen LogP contribution >= 0.6 is 15.9 Å². The van der Waals surface area contributed by atoms with Gasteiger partial charge in [0.05, 0.1) is 6.04 Å². The highest BCUT2D eigenvalue weighted by Gasteiger charge is 2.11. The van der Waals surface area contributed by atoms with Gasteiger partial charge < -0.3 is 10.6 Å². The molecule has 0 fully saturated rings. The van der Waals surface area contributed by atoms with E-state index in [1.54, 1.807) is 0 Å². The van der Waals surface area contributed by atoms with Gasteiger partial charge in [0, 0.05) is 17.6 Å². The normalized spacial score (nSPS) is 12.2. The summed E-state index contributed by atoms with van der Waals surface area (Å²) in [6, 6.07) is 7.85. The molecule has 100 valence electrons. The third kappa shape index (κ3) is 5.19. The van der Waals surface area contributed by atoms with Crippen molar-refractivity contribution in [1.82, 2.24) is 10.6 Å². The average Bonchev–Trinajstić information content (AvgIpc) is 2.37. The Hall–Kier alpha value is -0.870. The standard InChI is InChI=1S/C14H21BrN2O/c1-3-4-9-16-14(18)11(2)17-10-12-7-5-6-8-13(12)15/h5-8,11,17H,3-4,9-10H2,1-2H3,(H,16,18). The Morgan fingerprint density at radius 1 is 1.39 bits per heavy atom. The largest absolute Gasteiger partial charge is 0.355 e. The third-order valence-corrected chi connectivity index (χ3v) is 3.55. The van der Waals surface area contributed by atoms with Gasteiger partial charge in [-0.15, -0.1) is 0 Å². The molecule has 0 spiro atoms. The quantitative estimate of drug-likeness (QED) is 0.760. The summed E-state index contributed by atoms with van der Waals surface area (Å²) >= 11 is 3.49. The summed E-state index contributed by atoms with van der Waals surface area (Å²) in [4.78, 5) is 11.7. The van der Waals surface area contributed by atoms with Crippen LogP contribution in [0.3, 0.4) is 0 Å². The molecule has 2 N–H and O–H groups in total. The summed E-state index contributed by atoms with van der Waals surface area (Å²) in [5.41, 5.74) is 1.16. The Morgan fingerprint density at radius 2 is 2.11 bits per heavy atom. The summed E-state index contributed by atoms with van der Waals surface area (Å²) in [5.74, 6) is 0.0653. The Balaban J connectivity index is 2.34. The molecule has 1 atom stereocenters. The van der Waals surface area contributed by atoms with Crippen molar-refractivity contribution in [2.75, 3.05) is 6.54 Å². The SMILES string of the molecule is CCCCNC(=O)C(C)NCc1ccccc1Br. The number of carbonyl (C=O) groups excluding carboxylic acids is 1. The van der Waals surface area contributed by atoms with Crippen molar-refractivity contribution in [2.24, 2.45) is 0 Å². The van der Waals surface area contributed by atoms with E-state index in [1.165, 1.54) is 0 Å². The van der Waals surface area contributed by atoms with Crippen molar-refractivity contribution in [3.8, 4) is 0 Å². The minimum Gasteiger partial charge on any atom is -0.355 e. The molecule has 3 nitrogen and oxygen atoms in total. The molecule has 1 aromatic carbocycles. The summed E-state index contributed by atoms with van der Waals surface area (Å²) in [7, 11) is 0. The van der Waals surface area contributed by atoms with Crippen molar-refractivity contribution in [3.05, 3.63) is 34.3 Å². The first kappa shape index (κ1) is 15.2. The second-order valence-corrected chi connectivity index (χ2v) is 5.19. The number of hydrogen-bond donors (Lipinski definition) is 2. The minimum absolute atomic E-state index is 0.0653. The zero-order valence-corrected chi connectivity index (χ0v) is 12.6. The van der Waals surface area contributed by atoms with Gasteiger partial charge in [0.25, 0.3) is 0 Å². The van der Waals surface area contributed by atoms with Crippen molar-refractivity contribution < 1.29 is 4.79 Å². The zero-order valence-electron chi connectivity index (χ0n) is 11.0. The van der Waals surface area contributed by atoms with Gasteiger partial charge >= 0.3 is 0 Å². The third-order valence-electron chi connectivity index (χ3n) is 2.78. The van der Waals surface area contributed by atoms with Crippen LogP contribution < -0.4 is 10.6 Å². The molecule has 18 heavy (non-hydrogen) atoms. The summed E-state index contributed by atoms with van der Waals surface area (Å²) in [6.07, 6.45) is 2.13. The first-order chi connectivity index (χ1) is 8.65. The fraction of sp³-hybridized carbons (Fsp3) is 0.500. The predicted octanol–water partition coefficient (Wildman–Crippen LogP) is 2.84. The maximum atomic E-state index is 11.7. The molecular weight excluding hydrogens is 292 g/mol. The molecule has 1 rings (SSSR count). The van der Waals surface area contributed by atoms with Crippen molar-refractivity contribution in [1.29, 1.82) is 0 Å². The van der Waals surface area contributed by atoms with Crippen LogP contribution in [-0.4, -0.2) is 18.5 Å². The molecule has 0 aliphatic heterocycles. The number of unbranched alkanes of at least 4 members (excludes halogenated alkanes) is 1. The number of halogens is 1. The van der Waals surface area contributed by atoms with Crippen LogP contribution in [0.5, 0.6) is 0 Å². The highest BCUT2D eigenvalue weighted by Crippen LogP contribution is 2.15. The van der Waals surface area contributed by atoms with E-state index in [4.69, 9.17) is 0 Å². The smallest absolute Gasteiger partial charge is 0.236 e. The van der Waals surface area contributed by atoms with Gasteiger partial charge in [-0.1, -0.05) is 47.5 Å². The van der Waals surface area contributed by atoms with Crippen molar-refractivity contribution >= 4 is 21.8 Å². The highest BCUT2D eigenvalue weighted by molar-refractivity contribution is 9.10. The van der Waals surface area contributed by atoms with E-state index in [9.17, 15) is 4.79 Å². The molecule has 0 aromatic heterocycles. The number of amides is 1. The van der Waals surface area contributed by atoms with Crippen LogP contribution in [0.4, 0.5) is 0 Å². The fourth-order valence-corrected chi connectivity index (χ4v) is 1.96. The lowest BCUT2D eigenvalue weighted by Crippen LogP contribution is -2.42. The number of carbonyl (C=O) groups is 1. The number of benzene rings is 1. The van der Waals surface area contributed by atoms with Crippen LogP contribution in [0.2, 0.25) is 0 Å². The fourth-order valence-electron chi connectivity index (χ4n) is 1.54. The maximum Gasteiger partial charge on any atom is 0.236 e. The Kier molecular flexibility index (Phi) is 6.98. The Morgan fingerprint density at radius 3 is 2.78 bits per heavy atom. The van der Waals surface area contributed by atoms with E-state index in [-0.39, 0.29) is 11.9 Å². The van der Waals surface area contributed by atoms with Crippen LogP contribution in [-0.2, 0) is 11.3 Å². The monoisotopic (exact) mass is 312 g/mol. The van der Waals surface area contributed by atoms with Gasteiger partial charge in [0.2, 0.25) is 5.91 Å². The van der Waals surface area contributed by atoms with E-state index in [0.29, 0.717) is 6.54 Å². The van der Waals surface area contributed by atoms with E-state index in [2.05, 4.69) is 33.5 Å². The minimum atomic E-state index is -0.172. The summed E-state index contributed by atoms with van der Waals surface area (Å²) < 4.78 is 1.07. The molecule has 1 amide bonds. The molecule has 0 aliphatic rings. The maximum absolute atomic E-state index is 11.7. The number of nitrogens with one attached hydrogen (secondary N) is 2. The molecular formula is C14H21BrN2O. The van der Waals surface area contributed by atoms with Crippen molar-refractivity contribution in [2.45, 2.75) is 39.3 Å². The summed E-state index contributed by atoms with van der Waals surface area (Å²) in [5, 5.41) is 6.15. The van der Waals surface area contributed by atoms with Gasteiger partial charge in [-0.25, -0.2) is 0 Å². The average molecular weight is 313 g/mol. The first-order valence-electron chi connectivity index (χ1n) is 6.39. The first-order valence-corrected chi connectivity index (χ1v) is 7.19. The molecule has 1 aromatic rings. The number of rotatable bonds is 7. The molecule has 4 heteroatoms. The van der Waals surface area contributed by atoms with Gasteiger partial charge in [0.1, 0.15) is 0 Å². The summed E-state index contributed by atoms with van der Waals surface area (Å²) in [6.45, 7) is 5.44. The van der Waals surface area contributed by atoms with Gasteiger partial charge in [0.15, 0.2) is 0 Å². The highest BCUT2D eigenvalue weighted by atomic mass is 79.9. The Labute approximate surface area is 117 Å². The molecule has 0 bridgehead atoms. The molecule has 0 radical (unpaired) electrons. The zero-order chi connectivity index (χ0) is 13.4. The van der Waals surface area contributed by atoms with Crippen LogP contribution in [0, 0.1) is 0 Å². The molecule has 0 aliphatic carbocycles. The van der Waals surface area contributed by atoms with Crippen LogP contribution in [0.1, 0.15) is 32.3 Å². The second-order valence-electron chi connectivity index (χ2n) is 4.34. The second kappa shape index (κ2) is 8.27. The van der Waals surface area contributed by atoms with Crippen LogP contribution in [0.25, 0.3) is 0 Å². The Bertz CT molecular complexity index is 382. The molecule has 0 saturated heterocycles. The van der Waals surface area contributed by atoms with Crippen LogP contribution in [0.15, 0.2) is 28.7 Å². The van der Waals surface area contributed by atoms with E-state index in [0.717, 1.165) is 29.4 Å². The van der Waals surface area contributed by atoms with E-state index in [1.807, 2.05) is 31.2 Å². The van der Waals surface area contributed by atoms with Crippen molar-refractivity contribution in [3.63, 3.8) is 0 Å². The van der Waals surface area contributed by atoms with Gasteiger partial charge in [-0.2, -0.15) is 0 Å². The molecule has 0 heterocycles. The number of hydrogen-bond acceptors (Lipinski definition) is 2. The molecule has 1 unspecified atom stereocenters. The lowest BCUT2D eigenvalue weighted by atomic mass is 10.2.